The van der Waals surface area contributed by atoms with Gasteiger partial charge in [0.15, 0.2) is 0 Å². The lowest BCUT2D eigenvalue weighted by Gasteiger charge is -2.14. The normalized spacial score (nSPS) is 12.5. The molecular formula is C13H6Br3ClF2. The Labute approximate surface area is 139 Å². The van der Waals surface area contributed by atoms with Crippen molar-refractivity contribution in [2.75, 3.05) is 0 Å². The van der Waals surface area contributed by atoms with Gasteiger partial charge in [-0.3, -0.25) is 0 Å². The Bertz CT molecular complexity index is 632. The molecule has 19 heavy (non-hydrogen) atoms. The van der Waals surface area contributed by atoms with Crippen LogP contribution in [0, 0.1) is 11.6 Å². The Hall–Kier alpha value is 0.0300. The molecule has 2 rings (SSSR count). The molecule has 0 bridgehead atoms. The van der Waals surface area contributed by atoms with Crippen molar-refractivity contribution in [1.29, 1.82) is 0 Å². The van der Waals surface area contributed by atoms with E-state index in [4.69, 9.17) is 11.6 Å². The third-order valence-electron chi connectivity index (χ3n) is 2.55. The molecule has 0 fully saturated rings. The van der Waals surface area contributed by atoms with Gasteiger partial charge in [0.1, 0.15) is 11.6 Å². The van der Waals surface area contributed by atoms with E-state index in [1.165, 1.54) is 0 Å². The quantitative estimate of drug-likeness (QED) is 0.340. The maximum absolute atomic E-state index is 13.9. The molecule has 0 aliphatic rings. The molecule has 0 aliphatic heterocycles. The summed E-state index contributed by atoms with van der Waals surface area (Å²) >= 11 is 15.9. The van der Waals surface area contributed by atoms with Gasteiger partial charge in [-0.25, -0.2) is 8.78 Å². The number of benzene rings is 2. The zero-order valence-corrected chi connectivity index (χ0v) is 14.7. The maximum Gasteiger partial charge on any atom is 0.137 e. The molecule has 0 nitrogen and oxygen atoms in total. The average Bonchev–Trinajstić information content (AvgIpc) is 2.33. The summed E-state index contributed by atoms with van der Waals surface area (Å²) < 4.78 is 29.1. The third kappa shape index (κ3) is 3.38. The molecule has 0 saturated carbocycles. The van der Waals surface area contributed by atoms with Gasteiger partial charge < -0.3 is 0 Å². The van der Waals surface area contributed by atoms with Gasteiger partial charge in [-0.05, 0) is 45.8 Å². The van der Waals surface area contributed by atoms with Gasteiger partial charge in [-0.15, -0.1) is 11.6 Å². The molecule has 0 saturated heterocycles. The highest BCUT2D eigenvalue weighted by Gasteiger charge is 2.20. The molecule has 2 aromatic carbocycles. The molecule has 100 valence electrons. The van der Waals surface area contributed by atoms with E-state index in [1.54, 1.807) is 18.2 Å². The van der Waals surface area contributed by atoms with Crippen LogP contribution in [0.2, 0.25) is 0 Å². The second-order valence-electron chi connectivity index (χ2n) is 3.82. The van der Waals surface area contributed by atoms with Crippen LogP contribution in [-0.4, -0.2) is 0 Å². The zero-order valence-electron chi connectivity index (χ0n) is 9.23. The molecule has 0 spiro atoms. The van der Waals surface area contributed by atoms with Crippen molar-refractivity contribution in [2.45, 2.75) is 5.38 Å². The van der Waals surface area contributed by atoms with Crippen molar-refractivity contribution in [2.24, 2.45) is 0 Å². The molecule has 0 radical (unpaired) electrons. The molecule has 0 heterocycles. The van der Waals surface area contributed by atoms with Crippen molar-refractivity contribution in [3.63, 3.8) is 0 Å². The van der Waals surface area contributed by atoms with Gasteiger partial charge in [-0.2, -0.15) is 0 Å². The fourth-order valence-electron chi connectivity index (χ4n) is 1.61. The number of hydrogen-bond donors (Lipinski definition) is 0. The fraction of sp³-hybridized carbons (Fsp3) is 0.0769. The van der Waals surface area contributed by atoms with Crippen LogP contribution in [0.15, 0.2) is 43.7 Å². The number of alkyl halides is 1. The fourth-order valence-corrected chi connectivity index (χ4v) is 3.69. The van der Waals surface area contributed by atoms with E-state index >= 15 is 0 Å². The summed E-state index contributed by atoms with van der Waals surface area (Å²) in [6, 6.07) is 7.53. The van der Waals surface area contributed by atoms with Crippen molar-refractivity contribution in [3.8, 4) is 0 Å². The van der Waals surface area contributed by atoms with E-state index in [0.29, 0.717) is 5.56 Å². The minimum absolute atomic E-state index is 0.0764. The second-order valence-corrected chi connectivity index (χ2v) is 6.88. The van der Waals surface area contributed by atoms with Crippen molar-refractivity contribution >= 4 is 59.4 Å². The van der Waals surface area contributed by atoms with Gasteiger partial charge in [0.2, 0.25) is 0 Å². The van der Waals surface area contributed by atoms with Crippen LogP contribution < -0.4 is 0 Å². The van der Waals surface area contributed by atoms with Gasteiger partial charge in [0.05, 0.1) is 9.85 Å². The summed E-state index contributed by atoms with van der Waals surface area (Å²) in [6.45, 7) is 0. The smallest absolute Gasteiger partial charge is 0.137 e. The SMILES string of the molecule is Fc1cc(C(Cl)c2ccc(Br)cc2Br)c(F)cc1Br. The summed E-state index contributed by atoms with van der Waals surface area (Å²) in [5.74, 6) is -1.10. The summed E-state index contributed by atoms with van der Waals surface area (Å²) in [7, 11) is 0. The van der Waals surface area contributed by atoms with E-state index in [0.717, 1.165) is 21.1 Å². The zero-order chi connectivity index (χ0) is 14.2. The lowest BCUT2D eigenvalue weighted by Crippen LogP contribution is -2.00. The predicted molar refractivity (Wildman–Crippen MR) is 83.6 cm³/mol. The molecule has 0 aliphatic carbocycles. The summed E-state index contributed by atoms with van der Waals surface area (Å²) in [4.78, 5) is 0. The Morgan fingerprint density at radius 1 is 0.842 bits per heavy atom. The number of rotatable bonds is 2. The van der Waals surface area contributed by atoms with Crippen LogP contribution in [0.4, 0.5) is 8.78 Å². The summed E-state index contributed by atoms with van der Waals surface area (Å²) in [5.41, 5.74) is 0.774. The minimum Gasteiger partial charge on any atom is -0.207 e. The Morgan fingerprint density at radius 2 is 1.53 bits per heavy atom. The van der Waals surface area contributed by atoms with E-state index in [9.17, 15) is 8.78 Å². The molecule has 6 heteroatoms. The molecule has 0 aromatic heterocycles. The Balaban J connectivity index is 2.49. The van der Waals surface area contributed by atoms with Crippen LogP contribution in [0.25, 0.3) is 0 Å². The first-order valence-electron chi connectivity index (χ1n) is 5.13. The first-order chi connectivity index (χ1) is 8.90. The lowest BCUT2D eigenvalue weighted by atomic mass is 10.0. The molecule has 1 atom stereocenters. The average molecular weight is 475 g/mol. The van der Waals surface area contributed by atoms with Crippen LogP contribution >= 0.6 is 59.4 Å². The van der Waals surface area contributed by atoms with Crippen LogP contribution in [0.5, 0.6) is 0 Å². The maximum atomic E-state index is 13.9. The van der Waals surface area contributed by atoms with Gasteiger partial charge in [-0.1, -0.05) is 37.9 Å². The van der Waals surface area contributed by atoms with E-state index < -0.39 is 17.0 Å². The van der Waals surface area contributed by atoms with Crippen molar-refractivity contribution in [1.82, 2.24) is 0 Å². The molecule has 0 amide bonds. The molecule has 0 N–H and O–H groups in total. The first kappa shape index (κ1) is 15.4. The van der Waals surface area contributed by atoms with Gasteiger partial charge >= 0.3 is 0 Å². The van der Waals surface area contributed by atoms with Gasteiger partial charge in [0.25, 0.3) is 0 Å². The lowest BCUT2D eigenvalue weighted by molar-refractivity contribution is 0.582. The Morgan fingerprint density at radius 3 is 2.16 bits per heavy atom. The minimum atomic E-state index is -0.773. The second kappa shape index (κ2) is 6.20. The third-order valence-corrected chi connectivity index (χ3v) is 4.81. The molecule has 1 unspecified atom stereocenters. The standard InChI is InChI=1S/C13H6Br3ClF2/c14-6-1-2-7(9(15)3-6)13(17)8-4-12(19)10(16)5-11(8)18/h1-5,13H. The largest absolute Gasteiger partial charge is 0.207 e. The number of halogens is 6. The first-order valence-corrected chi connectivity index (χ1v) is 7.95. The topological polar surface area (TPSA) is 0 Å². The highest BCUT2D eigenvalue weighted by molar-refractivity contribution is 9.11. The van der Waals surface area contributed by atoms with Crippen LogP contribution in [-0.2, 0) is 0 Å². The number of hydrogen-bond acceptors (Lipinski definition) is 0. The highest BCUT2D eigenvalue weighted by Crippen LogP contribution is 2.37. The van der Waals surface area contributed by atoms with Crippen LogP contribution in [0.3, 0.4) is 0 Å². The van der Waals surface area contributed by atoms with Crippen LogP contribution in [0.1, 0.15) is 16.5 Å². The highest BCUT2D eigenvalue weighted by atomic mass is 79.9. The predicted octanol–water partition coefficient (Wildman–Crippen LogP) is 6.58. The van der Waals surface area contributed by atoms with Gasteiger partial charge in [0, 0.05) is 14.5 Å². The van der Waals surface area contributed by atoms with Crippen molar-refractivity contribution < 1.29 is 8.78 Å². The Kier molecular flexibility index (Phi) is 5.04. The van der Waals surface area contributed by atoms with E-state index in [1.807, 2.05) is 0 Å². The van der Waals surface area contributed by atoms with E-state index in [-0.39, 0.29) is 10.0 Å². The van der Waals surface area contributed by atoms with Crippen molar-refractivity contribution in [3.05, 3.63) is 66.5 Å². The summed E-state index contributed by atoms with van der Waals surface area (Å²) in [5, 5.41) is -0.773. The molecule has 2 aromatic rings. The summed E-state index contributed by atoms with van der Waals surface area (Å²) in [6.07, 6.45) is 0. The molecular weight excluding hydrogens is 469 g/mol. The monoisotopic (exact) mass is 472 g/mol. The van der Waals surface area contributed by atoms with E-state index in [2.05, 4.69) is 47.8 Å².